The average molecular weight is 449 g/mol. The highest BCUT2D eigenvalue weighted by molar-refractivity contribution is 5.48. The Balaban J connectivity index is 1.92. The molecule has 30 heavy (non-hydrogen) atoms. The molecule has 2 rings (SSSR count). The van der Waals surface area contributed by atoms with E-state index in [1.54, 1.807) is 0 Å². The summed E-state index contributed by atoms with van der Waals surface area (Å²) in [6, 6.07) is 0. The Kier molecular flexibility index (Phi) is 7.39. The Hall–Kier alpha value is -2.70. The van der Waals surface area contributed by atoms with Gasteiger partial charge in [-0.2, -0.15) is 0 Å². The van der Waals surface area contributed by atoms with Crippen molar-refractivity contribution in [2.24, 2.45) is 0 Å². The second kappa shape index (κ2) is 9.41. The molecule has 13 heteroatoms. The minimum Gasteiger partial charge on any atom is -0.379 e. The number of benzene rings is 2. The van der Waals surface area contributed by atoms with Gasteiger partial charge in [-0.05, 0) is 7.05 Å². The zero-order chi connectivity index (χ0) is 22.7. The van der Waals surface area contributed by atoms with Crippen molar-refractivity contribution in [1.29, 1.82) is 0 Å². The van der Waals surface area contributed by atoms with Crippen LogP contribution in [0.15, 0.2) is 0 Å². The molecule has 0 spiro atoms. The van der Waals surface area contributed by atoms with Crippen molar-refractivity contribution in [2.45, 2.75) is 0 Å². The second-order valence-corrected chi connectivity index (χ2v) is 6.05. The van der Waals surface area contributed by atoms with E-state index in [0.29, 0.717) is 0 Å². The minimum atomic E-state index is -2.30. The van der Waals surface area contributed by atoms with Crippen LogP contribution >= 0.6 is 0 Å². The molecular weight excluding hydrogens is 436 g/mol. The lowest BCUT2D eigenvalue weighted by Crippen LogP contribution is -2.30. The molecule has 0 aliphatic heterocycles. The van der Waals surface area contributed by atoms with E-state index in [-0.39, 0.29) is 26.2 Å². The predicted octanol–water partition coefficient (Wildman–Crippen LogP) is 4.53. The van der Waals surface area contributed by atoms with Crippen molar-refractivity contribution in [3.05, 3.63) is 58.2 Å². The maximum absolute atomic E-state index is 13.5. The number of rotatable bonds is 8. The van der Waals surface area contributed by atoms with Crippen LogP contribution in [0.3, 0.4) is 0 Å². The number of halogens is 10. The van der Waals surface area contributed by atoms with Crippen molar-refractivity contribution < 1.29 is 43.9 Å². The Bertz CT molecular complexity index is 817. The van der Waals surface area contributed by atoms with Gasteiger partial charge in [0.15, 0.2) is 46.5 Å². The standard InChI is InChI=1S/C17H13F10N3/c1-30(4-2-28-16-12(24)8(20)6(18)9(21)13(16)25)5-3-29-17-14(26)10(22)7(19)11(23)15(17)27/h28-29H,2-5H2,1H3. The predicted molar refractivity (Wildman–Crippen MR) is 86.9 cm³/mol. The first-order valence-corrected chi connectivity index (χ1v) is 8.18. The van der Waals surface area contributed by atoms with Gasteiger partial charge in [-0.3, -0.25) is 0 Å². The van der Waals surface area contributed by atoms with Crippen LogP contribution < -0.4 is 10.6 Å². The molecular formula is C17H13F10N3. The molecule has 0 radical (unpaired) electrons. The number of hydrogen-bond donors (Lipinski definition) is 2. The zero-order valence-electron chi connectivity index (χ0n) is 15.1. The highest BCUT2D eigenvalue weighted by atomic mass is 19.2. The van der Waals surface area contributed by atoms with E-state index < -0.39 is 69.5 Å². The first-order chi connectivity index (χ1) is 14.0. The van der Waals surface area contributed by atoms with Crippen LogP contribution in [-0.4, -0.2) is 38.1 Å². The molecule has 0 aliphatic carbocycles. The lowest BCUT2D eigenvalue weighted by molar-refractivity contribution is 0.356. The Labute approximate surface area is 163 Å². The van der Waals surface area contributed by atoms with Gasteiger partial charge in [0.1, 0.15) is 11.4 Å². The Morgan fingerprint density at radius 1 is 0.467 bits per heavy atom. The van der Waals surface area contributed by atoms with Gasteiger partial charge in [0.2, 0.25) is 11.6 Å². The van der Waals surface area contributed by atoms with E-state index in [0.717, 1.165) is 0 Å². The minimum absolute atomic E-state index is 0.0434. The van der Waals surface area contributed by atoms with Crippen LogP contribution in [0.25, 0.3) is 0 Å². The molecule has 2 aromatic rings. The third-order valence-electron chi connectivity index (χ3n) is 4.01. The van der Waals surface area contributed by atoms with Gasteiger partial charge in [0.25, 0.3) is 0 Å². The van der Waals surface area contributed by atoms with Crippen LogP contribution in [0.4, 0.5) is 55.3 Å². The Morgan fingerprint density at radius 2 is 0.700 bits per heavy atom. The summed E-state index contributed by atoms with van der Waals surface area (Å²) in [6.45, 7) is -0.675. The molecule has 0 saturated heterocycles. The summed E-state index contributed by atoms with van der Waals surface area (Å²) in [7, 11) is 1.42. The van der Waals surface area contributed by atoms with E-state index in [4.69, 9.17) is 0 Å². The largest absolute Gasteiger partial charge is 0.379 e. The van der Waals surface area contributed by atoms with Gasteiger partial charge in [0, 0.05) is 26.2 Å². The van der Waals surface area contributed by atoms with Gasteiger partial charge < -0.3 is 15.5 Å². The topological polar surface area (TPSA) is 27.3 Å². The third kappa shape index (κ3) is 4.55. The molecule has 0 fully saturated rings. The van der Waals surface area contributed by atoms with Crippen LogP contribution in [0.1, 0.15) is 0 Å². The first-order valence-electron chi connectivity index (χ1n) is 8.18. The first kappa shape index (κ1) is 23.6. The van der Waals surface area contributed by atoms with Crippen molar-refractivity contribution in [1.82, 2.24) is 4.90 Å². The monoisotopic (exact) mass is 449 g/mol. The normalized spacial score (nSPS) is 11.3. The molecule has 2 N–H and O–H groups in total. The third-order valence-corrected chi connectivity index (χ3v) is 4.01. The molecule has 0 amide bonds. The fourth-order valence-electron chi connectivity index (χ4n) is 2.38. The summed E-state index contributed by atoms with van der Waals surface area (Å²) in [5.41, 5.74) is -2.45. The van der Waals surface area contributed by atoms with Crippen molar-refractivity contribution in [3.8, 4) is 0 Å². The molecule has 2 aromatic carbocycles. The molecule has 0 aliphatic rings. The summed E-state index contributed by atoms with van der Waals surface area (Å²) in [5.74, 6) is -21.2. The van der Waals surface area contributed by atoms with E-state index in [1.807, 2.05) is 10.6 Å². The molecule has 0 aromatic heterocycles. The van der Waals surface area contributed by atoms with Gasteiger partial charge >= 0.3 is 0 Å². The summed E-state index contributed by atoms with van der Waals surface area (Å²) in [4.78, 5) is 1.39. The smallest absolute Gasteiger partial charge is 0.200 e. The van der Waals surface area contributed by atoms with Gasteiger partial charge in [-0.1, -0.05) is 0 Å². The molecule has 0 heterocycles. The summed E-state index contributed by atoms with van der Waals surface area (Å²) in [5, 5.41) is 4.10. The molecule has 0 bridgehead atoms. The maximum Gasteiger partial charge on any atom is 0.200 e. The van der Waals surface area contributed by atoms with Crippen LogP contribution in [-0.2, 0) is 0 Å². The molecule has 0 atom stereocenters. The van der Waals surface area contributed by atoms with E-state index in [9.17, 15) is 43.9 Å². The van der Waals surface area contributed by atoms with Crippen LogP contribution in [0, 0.1) is 58.2 Å². The van der Waals surface area contributed by atoms with Crippen molar-refractivity contribution in [2.75, 3.05) is 43.9 Å². The molecule has 0 unspecified atom stereocenters. The van der Waals surface area contributed by atoms with Crippen LogP contribution in [0.5, 0.6) is 0 Å². The number of hydrogen-bond acceptors (Lipinski definition) is 3. The van der Waals surface area contributed by atoms with Gasteiger partial charge in [0.05, 0.1) is 0 Å². The summed E-state index contributed by atoms with van der Waals surface area (Å²) < 4.78 is 132. The SMILES string of the molecule is CN(CCNc1c(F)c(F)c(F)c(F)c1F)CCNc1c(F)c(F)c(F)c(F)c1F. The Morgan fingerprint density at radius 3 is 0.967 bits per heavy atom. The number of likely N-dealkylation sites (N-methyl/N-ethyl adjacent to an activating group) is 1. The summed E-state index contributed by atoms with van der Waals surface area (Å²) in [6.07, 6.45) is 0. The van der Waals surface area contributed by atoms with Crippen molar-refractivity contribution >= 4 is 11.4 Å². The molecule has 3 nitrogen and oxygen atoms in total. The second-order valence-electron chi connectivity index (χ2n) is 6.05. The van der Waals surface area contributed by atoms with Crippen LogP contribution in [0.2, 0.25) is 0 Å². The number of anilines is 2. The van der Waals surface area contributed by atoms with Gasteiger partial charge in [-0.15, -0.1) is 0 Å². The lowest BCUT2D eigenvalue weighted by Gasteiger charge is -2.19. The number of nitrogens with one attached hydrogen (secondary N) is 2. The molecule has 0 saturated carbocycles. The summed E-state index contributed by atoms with van der Waals surface area (Å²) >= 11 is 0. The van der Waals surface area contributed by atoms with Gasteiger partial charge in [-0.25, -0.2) is 43.9 Å². The van der Waals surface area contributed by atoms with E-state index in [1.165, 1.54) is 11.9 Å². The average Bonchev–Trinajstić information content (AvgIpc) is 2.72. The fourth-order valence-corrected chi connectivity index (χ4v) is 2.38. The molecule has 166 valence electrons. The maximum atomic E-state index is 13.5. The zero-order valence-corrected chi connectivity index (χ0v) is 15.1. The fraction of sp³-hybridized carbons (Fsp3) is 0.294. The van der Waals surface area contributed by atoms with E-state index in [2.05, 4.69) is 0 Å². The van der Waals surface area contributed by atoms with Crippen molar-refractivity contribution in [3.63, 3.8) is 0 Å². The quantitative estimate of drug-likeness (QED) is 0.352. The number of nitrogens with zero attached hydrogens (tertiary/aromatic N) is 1. The highest BCUT2D eigenvalue weighted by Crippen LogP contribution is 2.28. The highest BCUT2D eigenvalue weighted by Gasteiger charge is 2.26. The lowest BCUT2D eigenvalue weighted by atomic mass is 10.2. The van der Waals surface area contributed by atoms with E-state index >= 15 is 0 Å².